The van der Waals surface area contributed by atoms with E-state index in [1.165, 1.54) is 22.3 Å². The molecule has 23 heavy (non-hydrogen) atoms. The third kappa shape index (κ3) is 5.49. The van der Waals surface area contributed by atoms with Gasteiger partial charge >= 0.3 is 0 Å². The molecule has 3 heteroatoms. The molecule has 0 saturated carbocycles. The molecule has 0 fully saturated rings. The normalized spacial score (nSPS) is 10.3. The number of hydrogen-bond acceptors (Lipinski definition) is 2. The second-order valence-electron chi connectivity index (χ2n) is 6.02. The van der Waals surface area contributed by atoms with Crippen LogP contribution in [0.2, 0.25) is 0 Å². The molecule has 0 radical (unpaired) electrons. The van der Waals surface area contributed by atoms with Crippen LogP contribution in [0.3, 0.4) is 0 Å². The molecular weight excluding hydrogens is 304 g/mol. The van der Waals surface area contributed by atoms with Crippen molar-refractivity contribution in [3.05, 3.63) is 70.8 Å². The Labute approximate surface area is 146 Å². The summed E-state index contributed by atoms with van der Waals surface area (Å²) in [6.45, 7) is 6.24. The second-order valence-corrected chi connectivity index (χ2v) is 6.02. The Hall–Kier alpha value is -1.64. The van der Waals surface area contributed by atoms with Gasteiger partial charge in [0.05, 0.1) is 5.71 Å². The predicted molar refractivity (Wildman–Crippen MR) is 103 cm³/mol. The number of benzene rings is 2. The first kappa shape index (κ1) is 19.4. The lowest BCUT2D eigenvalue weighted by Gasteiger charge is -2.13. The van der Waals surface area contributed by atoms with Gasteiger partial charge in [-0.1, -0.05) is 48.5 Å². The van der Waals surface area contributed by atoms with E-state index in [0.29, 0.717) is 0 Å². The molecule has 0 aliphatic carbocycles. The summed E-state index contributed by atoms with van der Waals surface area (Å²) in [6, 6.07) is 17.0. The van der Waals surface area contributed by atoms with E-state index in [4.69, 9.17) is 4.99 Å². The molecule has 0 aliphatic rings. The molecule has 0 atom stereocenters. The van der Waals surface area contributed by atoms with Gasteiger partial charge in [0.1, 0.15) is 0 Å². The highest BCUT2D eigenvalue weighted by Crippen LogP contribution is 2.18. The van der Waals surface area contributed by atoms with E-state index in [1.54, 1.807) is 0 Å². The number of halogens is 1. The molecule has 0 heterocycles. The summed E-state index contributed by atoms with van der Waals surface area (Å²) < 4.78 is 0. The fourth-order valence-electron chi connectivity index (χ4n) is 2.57. The van der Waals surface area contributed by atoms with Gasteiger partial charge in [0, 0.05) is 17.7 Å². The van der Waals surface area contributed by atoms with Gasteiger partial charge in [0.25, 0.3) is 0 Å². The fraction of sp³-hybridized carbons (Fsp3) is 0.350. The molecule has 2 aromatic rings. The van der Waals surface area contributed by atoms with Gasteiger partial charge in [-0.05, 0) is 52.0 Å². The van der Waals surface area contributed by atoms with E-state index in [9.17, 15) is 0 Å². The Kier molecular flexibility index (Phi) is 8.01. The first-order valence-electron chi connectivity index (χ1n) is 7.91. The third-order valence-electron chi connectivity index (χ3n) is 3.83. The highest BCUT2D eigenvalue weighted by Gasteiger charge is 2.11. The van der Waals surface area contributed by atoms with Gasteiger partial charge in [-0.25, -0.2) is 0 Å². The van der Waals surface area contributed by atoms with Crippen LogP contribution in [0.25, 0.3) is 0 Å². The van der Waals surface area contributed by atoms with E-state index in [-0.39, 0.29) is 12.4 Å². The standard InChI is InChI=1S/C20H26N2.ClH/c1-16-10-5-7-12-18(16)20(21-14-9-15-22(3)4)19-13-8-6-11-17(19)2;/h5-8,10-13H,9,14-15H2,1-4H3;1H. The van der Waals surface area contributed by atoms with Crippen molar-refractivity contribution in [2.24, 2.45) is 4.99 Å². The number of hydrogen-bond donors (Lipinski definition) is 0. The van der Waals surface area contributed by atoms with Crippen LogP contribution >= 0.6 is 12.4 Å². The van der Waals surface area contributed by atoms with Crippen LogP contribution in [0, 0.1) is 13.8 Å². The zero-order chi connectivity index (χ0) is 15.9. The van der Waals surface area contributed by atoms with E-state index >= 15 is 0 Å². The number of nitrogens with zero attached hydrogens (tertiary/aromatic N) is 2. The van der Waals surface area contributed by atoms with E-state index in [0.717, 1.165) is 25.2 Å². The van der Waals surface area contributed by atoms with Gasteiger partial charge in [-0.2, -0.15) is 0 Å². The third-order valence-corrected chi connectivity index (χ3v) is 3.83. The summed E-state index contributed by atoms with van der Waals surface area (Å²) >= 11 is 0. The number of aryl methyl sites for hydroxylation is 2. The maximum Gasteiger partial charge on any atom is 0.0724 e. The van der Waals surface area contributed by atoms with Crippen LogP contribution in [-0.2, 0) is 0 Å². The van der Waals surface area contributed by atoms with Crippen LogP contribution in [0.15, 0.2) is 53.5 Å². The van der Waals surface area contributed by atoms with Gasteiger partial charge in [-0.15, -0.1) is 12.4 Å². The second kappa shape index (κ2) is 9.49. The molecule has 2 rings (SSSR count). The summed E-state index contributed by atoms with van der Waals surface area (Å²) in [4.78, 5) is 7.15. The Morgan fingerprint density at radius 3 is 1.78 bits per heavy atom. The molecule has 124 valence electrons. The molecule has 0 aliphatic heterocycles. The smallest absolute Gasteiger partial charge is 0.0724 e. The first-order valence-corrected chi connectivity index (χ1v) is 7.91. The first-order chi connectivity index (χ1) is 10.6. The minimum absolute atomic E-state index is 0. The molecule has 0 saturated heterocycles. The molecule has 0 spiro atoms. The minimum Gasteiger partial charge on any atom is -0.309 e. The highest BCUT2D eigenvalue weighted by atomic mass is 35.5. The molecule has 0 aromatic heterocycles. The molecule has 2 aromatic carbocycles. The summed E-state index contributed by atoms with van der Waals surface area (Å²) in [7, 11) is 4.21. The minimum atomic E-state index is 0. The van der Waals surface area contributed by atoms with E-state index < -0.39 is 0 Å². The quantitative estimate of drug-likeness (QED) is 0.562. The van der Waals surface area contributed by atoms with Crippen LogP contribution < -0.4 is 0 Å². The van der Waals surface area contributed by atoms with E-state index in [2.05, 4.69) is 81.4 Å². The average molecular weight is 331 g/mol. The lowest BCUT2D eigenvalue weighted by molar-refractivity contribution is 0.403. The zero-order valence-corrected chi connectivity index (χ0v) is 15.4. The molecule has 0 N–H and O–H groups in total. The molecule has 0 amide bonds. The maximum absolute atomic E-state index is 4.95. The fourth-order valence-corrected chi connectivity index (χ4v) is 2.57. The highest BCUT2D eigenvalue weighted by molar-refractivity contribution is 6.14. The summed E-state index contributed by atoms with van der Waals surface area (Å²) in [6.07, 6.45) is 1.08. The van der Waals surface area contributed by atoms with Crippen molar-refractivity contribution in [3.63, 3.8) is 0 Å². The van der Waals surface area contributed by atoms with Crippen molar-refractivity contribution >= 4 is 18.1 Å². The predicted octanol–water partition coefficient (Wildman–Crippen LogP) is 4.51. The maximum atomic E-state index is 4.95. The number of rotatable bonds is 6. The Bertz CT molecular complexity index is 600. The zero-order valence-electron chi connectivity index (χ0n) is 14.5. The van der Waals surface area contributed by atoms with Gasteiger partial charge < -0.3 is 4.90 Å². The molecule has 0 unspecified atom stereocenters. The Balaban J connectivity index is 0.00000264. The van der Waals surface area contributed by atoms with Crippen LogP contribution in [0.5, 0.6) is 0 Å². The van der Waals surface area contributed by atoms with Crippen molar-refractivity contribution < 1.29 is 0 Å². The van der Waals surface area contributed by atoms with Crippen molar-refractivity contribution in [2.45, 2.75) is 20.3 Å². The van der Waals surface area contributed by atoms with Crippen molar-refractivity contribution in [1.82, 2.24) is 4.90 Å². The van der Waals surface area contributed by atoms with Crippen molar-refractivity contribution in [1.29, 1.82) is 0 Å². The van der Waals surface area contributed by atoms with Gasteiger partial charge in [0.2, 0.25) is 0 Å². The topological polar surface area (TPSA) is 15.6 Å². The lowest BCUT2D eigenvalue weighted by atomic mass is 9.95. The van der Waals surface area contributed by atoms with Crippen molar-refractivity contribution in [3.8, 4) is 0 Å². The van der Waals surface area contributed by atoms with Crippen molar-refractivity contribution in [2.75, 3.05) is 27.2 Å². The van der Waals surface area contributed by atoms with Crippen LogP contribution in [0.1, 0.15) is 28.7 Å². The summed E-state index contributed by atoms with van der Waals surface area (Å²) in [5.41, 5.74) is 6.15. The van der Waals surface area contributed by atoms with Gasteiger partial charge in [0.15, 0.2) is 0 Å². The Morgan fingerprint density at radius 1 is 0.870 bits per heavy atom. The molecular formula is C20H27ClN2. The average Bonchev–Trinajstić information content (AvgIpc) is 2.49. The summed E-state index contributed by atoms with van der Waals surface area (Å²) in [5.74, 6) is 0. The Morgan fingerprint density at radius 2 is 1.35 bits per heavy atom. The largest absolute Gasteiger partial charge is 0.309 e. The van der Waals surface area contributed by atoms with Crippen LogP contribution in [0.4, 0.5) is 0 Å². The van der Waals surface area contributed by atoms with E-state index in [1.807, 2.05) is 0 Å². The SMILES string of the molecule is Cc1ccccc1C(=NCCCN(C)C)c1ccccc1C.Cl. The van der Waals surface area contributed by atoms with Gasteiger partial charge in [-0.3, -0.25) is 4.99 Å². The summed E-state index contributed by atoms with van der Waals surface area (Å²) in [5, 5.41) is 0. The lowest BCUT2D eigenvalue weighted by Crippen LogP contribution is -2.14. The number of aliphatic imine (C=N–C) groups is 1. The van der Waals surface area contributed by atoms with Crippen LogP contribution in [-0.4, -0.2) is 37.8 Å². The monoisotopic (exact) mass is 330 g/mol. The molecule has 2 nitrogen and oxygen atoms in total. The molecule has 0 bridgehead atoms.